The van der Waals surface area contributed by atoms with Crippen molar-refractivity contribution in [1.82, 2.24) is 0 Å². The second-order valence-electron chi connectivity index (χ2n) is 4.74. The molecule has 0 bridgehead atoms. The normalized spacial score (nSPS) is 12.0. The summed E-state index contributed by atoms with van der Waals surface area (Å²) in [6, 6.07) is 13.6. The van der Waals surface area contributed by atoms with Crippen molar-refractivity contribution in [3.05, 3.63) is 58.1 Å². The van der Waals surface area contributed by atoms with Crippen molar-refractivity contribution in [2.24, 2.45) is 0 Å². The number of halogens is 1. The van der Waals surface area contributed by atoms with E-state index in [1.807, 2.05) is 42.5 Å². The molecule has 2 rings (SSSR count). The molecule has 1 unspecified atom stereocenters. The predicted octanol–water partition coefficient (Wildman–Crippen LogP) is 4.13. The zero-order chi connectivity index (χ0) is 15.2. The van der Waals surface area contributed by atoms with Crippen molar-refractivity contribution in [2.75, 3.05) is 14.2 Å². The summed E-state index contributed by atoms with van der Waals surface area (Å²) in [5.41, 5.74) is 1.98. The monoisotopic (exact) mass is 350 g/mol. The van der Waals surface area contributed by atoms with E-state index in [1.54, 1.807) is 14.2 Å². The van der Waals surface area contributed by atoms with Crippen LogP contribution in [-0.4, -0.2) is 19.3 Å². The van der Waals surface area contributed by atoms with Crippen molar-refractivity contribution < 1.29 is 14.6 Å². The Kier molecular flexibility index (Phi) is 5.65. The standard InChI is InChI=1S/C17H19BrO3/c1-20-15-11-9-13(17(21-2)16(15)18)8-10-14(19)12-6-4-3-5-7-12/h3-7,9,11,14,19H,8,10H2,1-2H3. The number of methoxy groups -OCH3 is 2. The quantitative estimate of drug-likeness (QED) is 0.850. The van der Waals surface area contributed by atoms with Gasteiger partial charge in [0.05, 0.1) is 20.3 Å². The Labute approximate surface area is 133 Å². The molecule has 0 saturated heterocycles. The number of hydrogen-bond acceptors (Lipinski definition) is 3. The number of benzene rings is 2. The Balaban J connectivity index is 2.11. The SMILES string of the molecule is COc1ccc(CCC(O)c2ccccc2)c(OC)c1Br. The van der Waals surface area contributed by atoms with Crippen LogP contribution in [0.1, 0.15) is 23.7 Å². The van der Waals surface area contributed by atoms with Gasteiger partial charge < -0.3 is 14.6 Å². The molecule has 0 radical (unpaired) electrons. The summed E-state index contributed by atoms with van der Waals surface area (Å²) in [4.78, 5) is 0. The molecule has 0 fully saturated rings. The fraction of sp³-hybridized carbons (Fsp3) is 0.294. The van der Waals surface area contributed by atoms with Crippen LogP contribution >= 0.6 is 15.9 Å². The number of aliphatic hydroxyl groups excluding tert-OH is 1. The first-order valence-corrected chi connectivity index (χ1v) is 7.59. The second kappa shape index (κ2) is 7.48. The number of aliphatic hydroxyl groups is 1. The largest absolute Gasteiger partial charge is 0.495 e. The number of ether oxygens (including phenoxy) is 2. The molecule has 0 aromatic heterocycles. The van der Waals surface area contributed by atoms with E-state index in [0.717, 1.165) is 33.5 Å². The van der Waals surface area contributed by atoms with Crippen LogP contribution in [0.4, 0.5) is 0 Å². The second-order valence-corrected chi connectivity index (χ2v) is 5.53. The first-order chi connectivity index (χ1) is 10.2. The van der Waals surface area contributed by atoms with E-state index in [1.165, 1.54) is 0 Å². The van der Waals surface area contributed by atoms with Crippen LogP contribution < -0.4 is 9.47 Å². The summed E-state index contributed by atoms with van der Waals surface area (Å²) in [5, 5.41) is 10.2. The Bertz CT molecular complexity index is 584. The van der Waals surface area contributed by atoms with Gasteiger partial charge in [-0.1, -0.05) is 36.4 Å². The summed E-state index contributed by atoms with van der Waals surface area (Å²) >= 11 is 3.49. The highest BCUT2D eigenvalue weighted by Crippen LogP contribution is 2.38. The van der Waals surface area contributed by atoms with Crippen LogP contribution in [0, 0.1) is 0 Å². The molecule has 0 saturated carbocycles. The highest BCUT2D eigenvalue weighted by Gasteiger charge is 2.14. The van der Waals surface area contributed by atoms with Crippen molar-refractivity contribution >= 4 is 15.9 Å². The average Bonchev–Trinajstić information content (AvgIpc) is 2.53. The molecule has 112 valence electrons. The Morgan fingerprint density at radius 3 is 2.38 bits per heavy atom. The number of aryl methyl sites for hydroxylation is 1. The topological polar surface area (TPSA) is 38.7 Å². The van der Waals surface area contributed by atoms with Crippen molar-refractivity contribution in [1.29, 1.82) is 0 Å². The highest BCUT2D eigenvalue weighted by atomic mass is 79.9. The first-order valence-electron chi connectivity index (χ1n) is 6.79. The van der Waals surface area contributed by atoms with Gasteiger partial charge in [-0.2, -0.15) is 0 Å². The first kappa shape index (κ1) is 15.9. The number of rotatable bonds is 6. The molecule has 1 N–H and O–H groups in total. The maximum atomic E-state index is 10.2. The van der Waals surface area contributed by atoms with Crippen LogP contribution in [0.25, 0.3) is 0 Å². The van der Waals surface area contributed by atoms with Crippen molar-refractivity contribution in [2.45, 2.75) is 18.9 Å². The van der Waals surface area contributed by atoms with Crippen molar-refractivity contribution in [3.63, 3.8) is 0 Å². The zero-order valence-corrected chi connectivity index (χ0v) is 13.8. The van der Waals surface area contributed by atoms with Crippen LogP contribution in [-0.2, 0) is 6.42 Å². The van der Waals surface area contributed by atoms with Crippen molar-refractivity contribution in [3.8, 4) is 11.5 Å². The lowest BCUT2D eigenvalue weighted by molar-refractivity contribution is 0.167. The van der Waals surface area contributed by atoms with Gasteiger partial charge in [0, 0.05) is 0 Å². The summed E-state index contributed by atoms with van der Waals surface area (Å²) < 4.78 is 11.5. The third-order valence-electron chi connectivity index (χ3n) is 3.44. The van der Waals surface area contributed by atoms with Gasteiger partial charge in [0.15, 0.2) is 0 Å². The fourth-order valence-corrected chi connectivity index (χ4v) is 3.00. The van der Waals surface area contributed by atoms with E-state index in [0.29, 0.717) is 6.42 Å². The maximum absolute atomic E-state index is 10.2. The maximum Gasteiger partial charge on any atom is 0.139 e. The Morgan fingerprint density at radius 1 is 1.05 bits per heavy atom. The summed E-state index contributed by atoms with van der Waals surface area (Å²) in [7, 11) is 3.26. The zero-order valence-electron chi connectivity index (χ0n) is 12.2. The molecule has 3 nitrogen and oxygen atoms in total. The molecule has 0 aliphatic carbocycles. The molecule has 2 aromatic rings. The Hall–Kier alpha value is -1.52. The number of hydrogen-bond donors (Lipinski definition) is 1. The Morgan fingerprint density at radius 2 is 1.76 bits per heavy atom. The van der Waals surface area contributed by atoms with Gasteiger partial charge in [0.1, 0.15) is 16.0 Å². The minimum Gasteiger partial charge on any atom is -0.495 e. The molecular formula is C17H19BrO3. The van der Waals surface area contributed by atoms with E-state index < -0.39 is 6.10 Å². The van der Waals surface area contributed by atoms with Crippen LogP contribution in [0.2, 0.25) is 0 Å². The van der Waals surface area contributed by atoms with Crippen LogP contribution in [0.5, 0.6) is 11.5 Å². The minimum absolute atomic E-state index is 0.475. The van der Waals surface area contributed by atoms with E-state index in [4.69, 9.17) is 9.47 Å². The van der Waals surface area contributed by atoms with Gasteiger partial charge in [-0.15, -0.1) is 0 Å². The molecule has 0 amide bonds. The molecule has 1 atom stereocenters. The van der Waals surface area contributed by atoms with E-state index >= 15 is 0 Å². The lowest BCUT2D eigenvalue weighted by Gasteiger charge is -2.15. The lowest BCUT2D eigenvalue weighted by atomic mass is 10.0. The lowest BCUT2D eigenvalue weighted by Crippen LogP contribution is -2.01. The van der Waals surface area contributed by atoms with Gasteiger partial charge in [-0.3, -0.25) is 0 Å². The van der Waals surface area contributed by atoms with E-state index in [2.05, 4.69) is 15.9 Å². The molecule has 0 spiro atoms. The van der Waals surface area contributed by atoms with Gasteiger partial charge in [0.25, 0.3) is 0 Å². The molecular weight excluding hydrogens is 332 g/mol. The van der Waals surface area contributed by atoms with Crippen LogP contribution in [0.3, 0.4) is 0 Å². The fourth-order valence-electron chi connectivity index (χ4n) is 2.29. The molecule has 0 heterocycles. The van der Waals surface area contributed by atoms with Gasteiger partial charge >= 0.3 is 0 Å². The molecule has 2 aromatic carbocycles. The third-order valence-corrected chi connectivity index (χ3v) is 4.19. The van der Waals surface area contributed by atoms with E-state index in [9.17, 15) is 5.11 Å². The summed E-state index contributed by atoms with van der Waals surface area (Å²) in [6.07, 6.45) is 0.887. The minimum atomic E-state index is -0.475. The molecule has 21 heavy (non-hydrogen) atoms. The van der Waals surface area contributed by atoms with Gasteiger partial charge in [-0.25, -0.2) is 0 Å². The smallest absolute Gasteiger partial charge is 0.139 e. The average molecular weight is 351 g/mol. The third kappa shape index (κ3) is 3.77. The summed E-state index contributed by atoms with van der Waals surface area (Å²) in [5.74, 6) is 1.49. The molecule has 4 heteroatoms. The predicted molar refractivity (Wildman–Crippen MR) is 87.0 cm³/mol. The van der Waals surface area contributed by atoms with E-state index in [-0.39, 0.29) is 0 Å². The summed E-state index contributed by atoms with van der Waals surface area (Å²) in [6.45, 7) is 0. The van der Waals surface area contributed by atoms with Crippen LogP contribution in [0.15, 0.2) is 46.9 Å². The van der Waals surface area contributed by atoms with Gasteiger partial charge in [-0.05, 0) is 46.0 Å². The highest BCUT2D eigenvalue weighted by molar-refractivity contribution is 9.10. The van der Waals surface area contributed by atoms with Gasteiger partial charge in [0.2, 0.25) is 0 Å². The molecule has 0 aliphatic heterocycles. The molecule has 0 aliphatic rings.